The number of aromatic carboxylic acids is 1. The number of nitrogens with zero attached hydrogens (tertiary/aromatic N) is 1. The summed E-state index contributed by atoms with van der Waals surface area (Å²) >= 11 is 0. The molecule has 5 aliphatic carbocycles. The Kier molecular flexibility index (Phi) is 6.17. The summed E-state index contributed by atoms with van der Waals surface area (Å²) in [6, 6.07) is 4.85. The maximum absolute atomic E-state index is 13.5. The van der Waals surface area contributed by atoms with Gasteiger partial charge in [0.15, 0.2) is 0 Å². The minimum absolute atomic E-state index is 0.169. The van der Waals surface area contributed by atoms with Gasteiger partial charge in [0.2, 0.25) is 0 Å². The summed E-state index contributed by atoms with van der Waals surface area (Å²) in [7, 11) is 0. The third-order valence-electron chi connectivity index (χ3n) is 9.81. The predicted octanol–water partition coefficient (Wildman–Crippen LogP) is 6.87. The van der Waals surface area contributed by atoms with Gasteiger partial charge in [0, 0.05) is 17.3 Å². The van der Waals surface area contributed by atoms with Crippen molar-refractivity contribution in [2.24, 2.45) is 23.2 Å². The fraction of sp³-hybridized carbons (Fsp3) is 0.633. The van der Waals surface area contributed by atoms with E-state index < -0.39 is 5.97 Å². The summed E-state index contributed by atoms with van der Waals surface area (Å²) in [6.45, 7) is 1.88. The second-order valence-electron chi connectivity index (χ2n) is 12.5. The minimum Gasteiger partial charge on any atom is -0.478 e. The Morgan fingerprint density at radius 2 is 1.72 bits per heavy atom. The molecule has 1 amide bonds. The standard InChI is InChI=1S/C30H39N3O3/c1-18-7-8-23(29(35)36)14-25(18)32-28(34)26-24(31-27(33-26)22-5-3-2-4-6-22)9-10-30-15-19-11-20(16-30)13-21(12-19)17-30/h7-8,14,19-22H,2-6,9-13,15-17H2,1H3,(H,31,33)(H,32,34)(H,35,36). The van der Waals surface area contributed by atoms with Crippen molar-refractivity contribution < 1.29 is 14.7 Å². The Labute approximate surface area is 213 Å². The number of carbonyl (C=O) groups excluding carboxylic acids is 1. The maximum atomic E-state index is 13.5. The van der Waals surface area contributed by atoms with Gasteiger partial charge in [-0.25, -0.2) is 9.78 Å². The van der Waals surface area contributed by atoms with Gasteiger partial charge in [-0.2, -0.15) is 0 Å². The summed E-state index contributed by atoms with van der Waals surface area (Å²) < 4.78 is 0. The Bertz CT molecular complexity index is 1120. The van der Waals surface area contributed by atoms with Crippen LogP contribution in [0, 0.1) is 30.1 Å². The van der Waals surface area contributed by atoms with Crippen LogP contribution >= 0.6 is 0 Å². The number of carboxylic acid groups (broad SMARTS) is 1. The number of nitrogens with one attached hydrogen (secondary N) is 2. The highest BCUT2D eigenvalue weighted by Crippen LogP contribution is 2.61. The zero-order valence-electron chi connectivity index (χ0n) is 21.4. The first-order valence-electron chi connectivity index (χ1n) is 14.1. The third kappa shape index (κ3) is 4.59. The SMILES string of the molecule is Cc1ccc(C(=O)O)cc1NC(=O)c1nc(C2CCCCC2)[nH]c1CCC12CC3CC(CC(C3)C1)C2. The van der Waals surface area contributed by atoms with Crippen LogP contribution in [0.3, 0.4) is 0 Å². The van der Waals surface area contributed by atoms with Gasteiger partial charge in [-0.1, -0.05) is 25.3 Å². The average molecular weight is 490 g/mol. The van der Waals surface area contributed by atoms with Crippen molar-refractivity contribution in [1.82, 2.24) is 9.97 Å². The molecule has 0 aliphatic heterocycles. The van der Waals surface area contributed by atoms with E-state index in [9.17, 15) is 14.7 Å². The van der Waals surface area contributed by atoms with Gasteiger partial charge in [-0.3, -0.25) is 4.79 Å². The van der Waals surface area contributed by atoms with Crippen LogP contribution in [-0.2, 0) is 6.42 Å². The molecule has 5 fully saturated rings. The number of aryl methyl sites for hydroxylation is 2. The molecule has 6 nitrogen and oxygen atoms in total. The second-order valence-corrected chi connectivity index (χ2v) is 12.5. The topological polar surface area (TPSA) is 95.1 Å². The van der Waals surface area contributed by atoms with E-state index in [0.717, 1.165) is 60.5 Å². The highest BCUT2D eigenvalue weighted by atomic mass is 16.4. The number of amides is 1. The largest absolute Gasteiger partial charge is 0.478 e. The molecule has 192 valence electrons. The fourth-order valence-electron chi connectivity index (χ4n) is 8.43. The monoisotopic (exact) mass is 489 g/mol. The van der Waals surface area contributed by atoms with Gasteiger partial charge < -0.3 is 15.4 Å². The fourth-order valence-corrected chi connectivity index (χ4v) is 8.43. The molecule has 0 saturated heterocycles. The highest BCUT2D eigenvalue weighted by molar-refractivity contribution is 6.04. The molecule has 2 aromatic rings. The van der Waals surface area contributed by atoms with E-state index in [0.29, 0.717) is 22.7 Å². The number of hydrogen-bond donors (Lipinski definition) is 3. The third-order valence-corrected chi connectivity index (χ3v) is 9.81. The zero-order chi connectivity index (χ0) is 24.9. The Balaban J connectivity index is 1.25. The molecule has 5 aliphatic rings. The molecule has 0 spiro atoms. The molecule has 3 N–H and O–H groups in total. The number of imidazole rings is 1. The molecular formula is C30H39N3O3. The Hall–Kier alpha value is -2.63. The summed E-state index contributed by atoms with van der Waals surface area (Å²) in [5, 5.41) is 12.4. The molecule has 0 unspecified atom stereocenters. The van der Waals surface area contributed by atoms with Crippen molar-refractivity contribution in [3.8, 4) is 0 Å². The van der Waals surface area contributed by atoms with E-state index in [1.807, 2.05) is 6.92 Å². The van der Waals surface area contributed by atoms with Crippen LogP contribution in [0.25, 0.3) is 0 Å². The highest BCUT2D eigenvalue weighted by Gasteiger charge is 2.50. The number of aromatic amines is 1. The van der Waals surface area contributed by atoms with Crippen LogP contribution in [0.15, 0.2) is 18.2 Å². The zero-order valence-corrected chi connectivity index (χ0v) is 21.4. The summed E-state index contributed by atoms with van der Waals surface area (Å²) in [5.41, 5.74) is 3.46. The van der Waals surface area contributed by atoms with Gasteiger partial charge in [-0.05, 0) is 112 Å². The van der Waals surface area contributed by atoms with Gasteiger partial charge in [0.25, 0.3) is 5.91 Å². The van der Waals surface area contributed by atoms with Crippen LogP contribution in [0.4, 0.5) is 5.69 Å². The van der Waals surface area contributed by atoms with Crippen molar-refractivity contribution in [2.75, 3.05) is 5.32 Å². The molecule has 0 atom stereocenters. The summed E-state index contributed by atoms with van der Waals surface area (Å²) in [5.74, 6) is 2.89. The van der Waals surface area contributed by atoms with Gasteiger partial charge in [-0.15, -0.1) is 0 Å². The number of H-pyrrole nitrogens is 1. The van der Waals surface area contributed by atoms with E-state index in [1.54, 1.807) is 18.2 Å². The van der Waals surface area contributed by atoms with E-state index in [-0.39, 0.29) is 11.5 Å². The van der Waals surface area contributed by atoms with E-state index in [2.05, 4.69) is 10.3 Å². The number of benzene rings is 1. The first kappa shape index (κ1) is 23.7. The normalized spacial score (nSPS) is 29.4. The molecule has 5 saturated carbocycles. The van der Waals surface area contributed by atoms with Crippen LogP contribution in [-0.4, -0.2) is 27.0 Å². The number of aromatic nitrogens is 2. The molecule has 1 aromatic carbocycles. The lowest BCUT2D eigenvalue weighted by Crippen LogP contribution is -2.46. The van der Waals surface area contributed by atoms with E-state index >= 15 is 0 Å². The molecule has 36 heavy (non-hydrogen) atoms. The smallest absolute Gasteiger partial charge is 0.335 e. The van der Waals surface area contributed by atoms with Crippen molar-refractivity contribution >= 4 is 17.6 Å². The average Bonchev–Trinajstić information content (AvgIpc) is 3.28. The van der Waals surface area contributed by atoms with Crippen LogP contribution < -0.4 is 5.32 Å². The number of hydrogen-bond acceptors (Lipinski definition) is 3. The molecule has 4 bridgehead atoms. The first-order chi connectivity index (χ1) is 17.4. The maximum Gasteiger partial charge on any atom is 0.335 e. The first-order valence-corrected chi connectivity index (χ1v) is 14.1. The van der Waals surface area contributed by atoms with Crippen LogP contribution in [0.1, 0.15) is 121 Å². The number of carbonyl (C=O) groups is 2. The summed E-state index contributed by atoms with van der Waals surface area (Å²) in [4.78, 5) is 33.5. The molecule has 0 radical (unpaired) electrons. The Morgan fingerprint density at radius 1 is 1.06 bits per heavy atom. The quantitative estimate of drug-likeness (QED) is 0.396. The lowest BCUT2D eigenvalue weighted by Gasteiger charge is -2.57. The molecule has 1 heterocycles. The second kappa shape index (κ2) is 9.35. The lowest BCUT2D eigenvalue weighted by atomic mass is 9.48. The lowest BCUT2D eigenvalue weighted by molar-refractivity contribution is -0.0570. The Morgan fingerprint density at radius 3 is 2.36 bits per heavy atom. The van der Waals surface area contributed by atoms with Gasteiger partial charge in [0.05, 0.1) is 5.56 Å². The molecular weight excluding hydrogens is 450 g/mol. The van der Waals surface area contributed by atoms with E-state index in [1.165, 1.54) is 57.8 Å². The van der Waals surface area contributed by atoms with Crippen molar-refractivity contribution in [2.45, 2.75) is 96.3 Å². The van der Waals surface area contributed by atoms with Crippen molar-refractivity contribution in [3.63, 3.8) is 0 Å². The minimum atomic E-state index is -0.999. The molecule has 1 aromatic heterocycles. The van der Waals surface area contributed by atoms with E-state index in [4.69, 9.17) is 4.98 Å². The number of anilines is 1. The van der Waals surface area contributed by atoms with Crippen LogP contribution in [0.2, 0.25) is 0 Å². The molecule has 7 rings (SSSR count). The number of rotatable bonds is 7. The van der Waals surface area contributed by atoms with Crippen molar-refractivity contribution in [1.29, 1.82) is 0 Å². The van der Waals surface area contributed by atoms with Gasteiger partial charge in [0.1, 0.15) is 11.5 Å². The van der Waals surface area contributed by atoms with Crippen molar-refractivity contribution in [3.05, 3.63) is 46.5 Å². The predicted molar refractivity (Wildman–Crippen MR) is 139 cm³/mol. The summed E-state index contributed by atoms with van der Waals surface area (Å²) in [6.07, 6.45) is 16.4. The molecule has 6 heteroatoms. The van der Waals surface area contributed by atoms with Gasteiger partial charge >= 0.3 is 5.97 Å². The number of carboxylic acids is 1. The van der Waals surface area contributed by atoms with Crippen LogP contribution in [0.5, 0.6) is 0 Å².